The number of pyridine rings is 1. The molecule has 0 saturated carbocycles. The zero-order valence-electron chi connectivity index (χ0n) is 17.7. The molecule has 0 N–H and O–H groups in total. The summed E-state index contributed by atoms with van der Waals surface area (Å²) in [6.07, 6.45) is 7.67. The third kappa shape index (κ3) is 5.92. The fourth-order valence-electron chi connectivity index (χ4n) is 4.22. The van der Waals surface area contributed by atoms with Crippen LogP contribution in [0.3, 0.4) is 0 Å². The fourth-order valence-corrected chi connectivity index (χ4v) is 4.22. The average molecular weight is 391 g/mol. The van der Waals surface area contributed by atoms with Gasteiger partial charge in [0.05, 0.1) is 0 Å². The number of likely N-dealkylation sites (tertiary alicyclic amines) is 1. The van der Waals surface area contributed by atoms with Gasteiger partial charge in [0.25, 0.3) is 0 Å². The molecule has 0 spiro atoms. The molecule has 0 aromatic carbocycles. The first-order chi connectivity index (χ1) is 13.3. The summed E-state index contributed by atoms with van der Waals surface area (Å²) < 4.78 is 20.0. The summed E-state index contributed by atoms with van der Waals surface area (Å²) in [5, 5.41) is 0. The monoisotopic (exact) mass is 390 g/mol. The van der Waals surface area contributed by atoms with Gasteiger partial charge < -0.3 is 9.64 Å². The predicted molar refractivity (Wildman–Crippen MR) is 109 cm³/mol. The summed E-state index contributed by atoms with van der Waals surface area (Å²) in [6.45, 7) is 6.64. The van der Waals surface area contributed by atoms with Crippen LogP contribution in [0.25, 0.3) is 0 Å². The van der Waals surface area contributed by atoms with E-state index in [9.17, 15) is 9.18 Å². The van der Waals surface area contributed by atoms with Crippen molar-refractivity contribution in [2.75, 3.05) is 13.1 Å². The highest BCUT2D eigenvalue weighted by Crippen LogP contribution is 2.27. The molecule has 3 rings (SSSR count). The van der Waals surface area contributed by atoms with Crippen molar-refractivity contribution in [1.29, 1.82) is 0 Å². The first-order valence-electron chi connectivity index (χ1n) is 10.9. The summed E-state index contributed by atoms with van der Waals surface area (Å²) in [5.74, 6) is -0.0608. The van der Waals surface area contributed by atoms with Crippen molar-refractivity contribution in [3.63, 3.8) is 0 Å². The molecule has 1 fully saturated rings. The largest absolute Gasteiger partial charge is 0.444 e. The molecule has 2 heterocycles. The van der Waals surface area contributed by atoms with E-state index in [0.29, 0.717) is 19.5 Å². The standard InChI is InChI=1S/C23H35FN2O2/c1-23(2,3)28-22(27)26-15-14-18(16-26)20(24)10-6-5-9-19-13-12-17-8-4-7-11-21(17)25-19/h12-13,18,20H,4-11,14-16H2,1-3H3/t18-,20?/m1/s1. The molecule has 2 aliphatic rings. The maximum atomic E-state index is 14.6. The molecule has 5 heteroatoms. The second-order valence-corrected chi connectivity index (χ2v) is 9.35. The van der Waals surface area contributed by atoms with Crippen LogP contribution in [0, 0.1) is 5.92 Å². The molecule has 1 aromatic rings. The van der Waals surface area contributed by atoms with Crippen LogP contribution in [0.5, 0.6) is 0 Å². The van der Waals surface area contributed by atoms with Crippen LogP contribution in [-0.2, 0) is 24.0 Å². The Morgan fingerprint density at radius 3 is 2.86 bits per heavy atom. The van der Waals surface area contributed by atoms with Crippen molar-refractivity contribution in [3.05, 3.63) is 29.1 Å². The molecule has 1 saturated heterocycles. The van der Waals surface area contributed by atoms with Crippen LogP contribution >= 0.6 is 0 Å². The van der Waals surface area contributed by atoms with Gasteiger partial charge in [0.2, 0.25) is 0 Å². The Morgan fingerprint density at radius 2 is 2.07 bits per heavy atom. The maximum absolute atomic E-state index is 14.6. The number of unbranched alkanes of at least 4 members (excludes halogenated alkanes) is 1. The van der Waals surface area contributed by atoms with Gasteiger partial charge in [-0.2, -0.15) is 0 Å². The molecule has 0 radical (unpaired) electrons. The van der Waals surface area contributed by atoms with Gasteiger partial charge in [0, 0.05) is 30.4 Å². The number of nitrogens with zero attached hydrogens (tertiary/aromatic N) is 2. The number of aryl methyl sites for hydroxylation is 3. The number of fused-ring (bicyclic) bond motifs is 1. The van der Waals surface area contributed by atoms with E-state index in [-0.39, 0.29) is 12.0 Å². The third-order valence-electron chi connectivity index (χ3n) is 5.79. The van der Waals surface area contributed by atoms with Gasteiger partial charge in [-0.1, -0.05) is 12.5 Å². The van der Waals surface area contributed by atoms with E-state index in [1.807, 2.05) is 20.8 Å². The van der Waals surface area contributed by atoms with E-state index in [4.69, 9.17) is 9.72 Å². The zero-order chi connectivity index (χ0) is 20.1. The average Bonchev–Trinajstić information content (AvgIpc) is 3.14. The van der Waals surface area contributed by atoms with Gasteiger partial charge >= 0.3 is 6.09 Å². The first-order valence-corrected chi connectivity index (χ1v) is 10.9. The van der Waals surface area contributed by atoms with Crippen LogP contribution in [0.4, 0.5) is 9.18 Å². The molecule has 1 aliphatic carbocycles. The lowest BCUT2D eigenvalue weighted by molar-refractivity contribution is 0.0280. The Hall–Kier alpha value is -1.65. The van der Waals surface area contributed by atoms with Gasteiger partial charge in [-0.05, 0) is 83.8 Å². The van der Waals surface area contributed by atoms with E-state index in [2.05, 4.69) is 12.1 Å². The van der Waals surface area contributed by atoms with Gasteiger partial charge in [-0.15, -0.1) is 0 Å². The van der Waals surface area contributed by atoms with Crippen molar-refractivity contribution in [1.82, 2.24) is 9.88 Å². The lowest BCUT2D eigenvalue weighted by Gasteiger charge is -2.24. The lowest BCUT2D eigenvalue weighted by Crippen LogP contribution is -2.36. The molecule has 28 heavy (non-hydrogen) atoms. The van der Waals surface area contributed by atoms with Crippen LogP contribution in [0.1, 0.15) is 76.2 Å². The summed E-state index contributed by atoms with van der Waals surface area (Å²) in [6, 6.07) is 4.38. The van der Waals surface area contributed by atoms with E-state index >= 15 is 0 Å². The number of hydrogen-bond donors (Lipinski definition) is 0. The molecular weight excluding hydrogens is 355 g/mol. The minimum atomic E-state index is -0.844. The molecule has 1 aromatic heterocycles. The Kier molecular flexibility index (Phi) is 6.95. The topological polar surface area (TPSA) is 42.4 Å². The summed E-state index contributed by atoms with van der Waals surface area (Å²) in [7, 11) is 0. The highest BCUT2D eigenvalue weighted by Gasteiger charge is 2.33. The number of hydrogen-bond acceptors (Lipinski definition) is 3. The first kappa shape index (κ1) is 21.1. The van der Waals surface area contributed by atoms with Crippen LogP contribution in [0.15, 0.2) is 12.1 Å². The minimum absolute atomic E-state index is 0.0608. The molecule has 1 aliphatic heterocycles. The van der Waals surface area contributed by atoms with Crippen LogP contribution in [-0.4, -0.2) is 40.8 Å². The van der Waals surface area contributed by atoms with Crippen molar-refractivity contribution >= 4 is 6.09 Å². The quantitative estimate of drug-likeness (QED) is 0.622. The van der Waals surface area contributed by atoms with Gasteiger partial charge in [0.1, 0.15) is 11.8 Å². The summed E-state index contributed by atoms with van der Waals surface area (Å²) >= 11 is 0. The van der Waals surface area contributed by atoms with Crippen molar-refractivity contribution < 1.29 is 13.9 Å². The normalized spacial score (nSPS) is 20.7. The molecule has 4 nitrogen and oxygen atoms in total. The SMILES string of the molecule is CC(C)(C)OC(=O)N1CC[C@@H](C(F)CCCCc2ccc3c(n2)CCCC3)C1. The Morgan fingerprint density at radius 1 is 1.29 bits per heavy atom. The van der Waals surface area contributed by atoms with Gasteiger partial charge in [-0.3, -0.25) is 4.98 Å². The number of halogens is 1. The fraction of sp³-hybridized carbons (Fsp3) is 0.739. The number of aromatic nitrogens is 1. The van der Waals surface area contributed by atoms with E-state index in [1.165, 1.54) is 24.1 Å². The summed E-state index contributed by atoms with van der Waals surface area (Å²) in [5.41, 5.74) is 3.33. The minimum Gasteiger partial charge on any atom is -0.444 e. The molecule has 156 valence electrons. The summed E-state index contributed by atoms with van der Waals surface area (Å²) in [4.78, 5) is 18.6. The zero-order valence-corrected chi connectivity index (χ0v) is 17.7. The molecule has 2 atom stereocenters. The molecule has 1 amide bonds. The van der Waals surface area contributed by atoms with E-state index in [1.54, 1.807) is 4.90 Å². The third-order valence-corrected chi connectivity index (χ3v) is 5.79. The number of rotatable bonds is 6. The van der Waals surface area contributed by atoms with Crippen molar-refractivity contribution in [2.24, 2.45) is 5.92 Å². The van der Waals surface area contributed by atoms with Gasteiger partial charge in [-0.25, -0.2) is 9.18 Å². The molecule has 1 unspecified atom stereocenters. The highest BCUT2D eigenvalue weighted by molar-refractivity contribution is 5.68. The highest BCUT2D eigenvalue weighted by atomic mass is 19.1. The predicted octanol–water partition coefficient (Wildman–Crippen LogP) is 5.27. The number of carbonyl (C=O) groups is 1. The number of amides is 1. The second-order valence-electron chi connectivity index (χ2n) is 9.35. The van der Waals surface area contributed by atoms with Crippen molar-refractivity contribution in [2.45, 2.75) is 90.3 Å². The van der Waals surface area contributed by atoms with Crippen LogP contribution < -0.4 is 0 Å². The van der Waals surface area contributed by atoms with Crippen molar-refractivity contribution in [3.8, 4) is 0 Å². The smallest absolute Gasteiger partial charge is 0.410 e. The lowest BCUT2D eigenvalue weighted by atomic mass is 9.95. The second kappa shape index (κ2) is 9.23. The van der Waals surface area contributed by atoms with E-state index < -0.39 is 11.8 Å². The number of ether oxygens (including phenoxy) is 1. The Labute approximate surface area is 168 Å². The Balaban J connectivity index is 1.37. The molecule has 0 bridgehead atoms. The molecular formula is C23H35FN2O2. The van der Waals surface area contributed by atoms with Crippen LogP contribution in [0.2, 0.25) is 0 Å². The Bertz CT molecular complexity index is 671. The van der Waals surface area contributed by atoms with Gasteiger partial charge in [0.15, 0.2) is 0 Å². The van der Waals surface area contributed by atoms with E-state index in [0.717, 1.165) is 44.2 Å². The number of alkyl halides is 1. The number of carbonyl (C=O) groups excluding carboxylic acids is 1. The maximum Gasteiger partial charge on any atom is 0.410 e.